The first-order chi connectivity index (χ1) is 7.45. The lowest BCUT2D eigenvalue weighted by molar-refractivity contribution is 0.463. The van der Waals surface area contributed by atoms with Crippen LogP contribution in [-0.4, -0.2) is 18.1 Å². The first-order valence-corrected chi connectivity index (χ1v) is 5.72. The van der Waals surface area contributed by atoms with Gasteiger partial charge in [0.25, 0.3) is 0 Å². The quantitative estimate of drug-likeness (QED) is 0.727. The molecule has 78 valence electrons. The lowest BCUT2D eigenvalue weighted by Gasteiger charge is -2.22. The van der Waals surface area contributed by atoms with Crippen LogP contribution in [0.25, 0.3) is 10.9 Å². The van der Waals surface area contributed by atoms with Crippen molar-refractivity contribution in [3.8, 4) is 0 Å². The second kappa shape index (κ2) is 3.70. The van der Waals surface area contributed by atoms with Crippen LogP contribution in [0.15, 0.2) is 30.5 Å². The molecule has 1 atom stereocenters. The number of para-hydroxylation sites is 1. The van der Waals surface area contributed by atoms with Gasteiger partial charge in [-0.05, 0) is 36.9 Å². The van der Waals surface area contributed by atoms with Crippen molar-refractivity contribution in [1.29, 1.82) is 0 Å². The molecule has 2 nitrogen and oxygen atoms in total. The number of hydrogen-bond donors (Lipinski definition) is 2. The number of hydrogen-bond acceptors (Lipinski definition) is 1. The highest BCUT2D eigenvalue weighted by Crippen LogP contribution is 2.29. The number of aromatic amines is 1. The number of benzene rings is 1. The third-order valence-corrected chi connectivity index (χ3v) is 3.36. The molecule has 15 heavy (non-hydrogen) atoms. The van der Waals surface area contributed by atoms with Crippen LogP contribution in [0.3, 0.4) is 0 Å². The van der Waals surface area contributed by atoms with E-state index < -0.39 is 0 Å². The van der Waals surface area contributed by atoms with Gasteiger partial charge in [-0.25, -0.2) is 0 Å². The molecule has 0 spiro atoms. The summed E-state index contributed by atoms with van der Waals surface area (Å²) in [6.07, 6.45) is 4.79. The van der Waals surface area contributed by atoms with Crippen LogP contribution in [0.1, 0.15) is 24.3 Å². The fourth-order valence-corrected chi connectivity index (χ4v) is 2.55. The maximum Gasteiger partial charge on any atom is 0.0456 e. The van der Waals surface area contributed by atoms with Gasteiger partial charge in [-0.15, -0.1) is 0 Å². The largest absolute Gasteiger partial charge is 0.361 e. The standard InChI is InChI=1S/C13H16N2/c1-2-6-13-11(5-1)12(9-15-13)10-4-3-7-14-8-10/h1-2,5-6,9-10,14-15H,3-4,7-8H2/t10-/m0/s1. The van der Waals surface area contributed by atoms with Crippen molar-refractivity contribution >= 4 is 10.9 Å². The summed E-state index contributed by atoms with van der Waals surface area (Å²) in [5.74, 6) is 0.690. The number of rotatable bonds is 1. The van der Waals surface area contributed by atoms with Crippen LogP contribution >= 0.6 is 0 Å². The van der Waals surface area contributed by atoms with Crippen LogP contribution < -0.4 is 5.32 Å². The van der Waals surface area contributed by atoms with E-state index in [1.54, 1.807) is 0 Å². The van der Waals surface area contributed by atoms with Crippen molar-refractivity contribution in [2.75, 3.05) is 13.1 Å². The third kappa shape index (κ3) is 1.55. The Bertz CT molecular complexity index is 452. The zero-order valence-corrected chi connectivity index (χ0v) is 8.79. The summed E-state index contributed by atoms with van der Waals surface area (Å²) in [7, 11) is 0. The molecular formula is C13H16N2. The molecule has 2 heterocycles. The molecule has 0 unspecified atom stereocenters. The van der Waals surface area contributed by atoms with E-state index in [2.05, 4.69) is 40.8 Å². The topological polar surface area (TPSA) is 27.8 Å². The molecule has 2 N–H and O–H groups in total. The monoisotopic (exact) mass is 200 g/mol. The predicted molar refractivity (Wildman–Crippen MR) is 63.1 cm³/mol. The van der Waals surface area contributed by atoms with Crippen molar-refractivity contribution in [2.24, 2.45) is 0 Å². The molecule has 0 aliphatic carbocycles. The predicted octanol–water partition coefficient (Wildman–Crippen LogP) is 2.63. The molecule has 0 radical (unpaired) electrons. The molecule has 0 amide bonds. The first kappa shape index (κ1) is 8.98. The summed E-state index contributed by atoms with van der Waals surface area (Å²) in [5.41, 5.74) is 2.75. The Labute approximate surface area is 89.7 Å². The van der Waals surface area contributed by atoms with Gasteiger partial charge in [-0.3, -0.25) is 0 Å². The summed E-state index contributed by atoms with van der Waals surface area (Å²) in [4.78, 5) is 3.36. The van der Waals surface area contributed by atoms with Crippen LogP contribution in [-0.2, 0) is 0 Å². The summed E-state index contributed by atoms with van der Waals surface area (Å²) in [6, 6.07) is 8.57. The maximum absolute atomic E-state index is 3.47. The van der Waals surface area contributed by atoms with E-state index in [0.29, 0.717) is 5.92 Å². The van der Waals surface area contributed by atoms with Gasteiger partial charge in [0.1, 0.15) is 0 Å². The van der Waals surface area contributed by atoms with Gasteiger partial charge in [0.15, 0.2) is 0 Å². The summed E-state index contributed by atoms with van der Waals surface area (Å²) < 4.78 is 0. The van der Waals surface area contributed by atoms with E-state index in [0.717, 1.165) is 6.54 Å². The van der Waals surface area contributed by atoms with Crippen LogP contribution in [0.2, 0.25) is 0 Å². The Hall–Kier alpha value is -1.28. The Morgan fingerprint density at radius 1 is 1.20 bits per heavy atom. The van der Waals surface area contributed by atoms with E-state index in [9.17, 15) is 0 Å². The van der Waals surface area contributed by atoms with Gasteiger partial charge in [-0.2, -0.15) is 0 Å². The highest BCUT2D eigenvalue weighted by molar-refractivity contribution is 5.83. The molecule has 1 aliphatic heterocycles. The molecule has 1 saturated heterocycles. The van der Waals surface area contributed by atoms with Crippen molar-refractivity contribution in [2.45, 2.75) is 18.8 Å². The first-order valence-electron chi connectivity index (χ1n) is 5.72. The number of H-pyrrole nitrogens is 1. The molecule has 1 aliphatic rings. The lowest BCUT2D eigenvalue weighted by Crippen LogP contribution is -2.28. The van der Waals surface area contributed by atoms with Gasteiger partial charge in [-0.1, -0.05) is 18.2 Å². The van der Waals surface area contributed by atoms with E-state index in [4.69, 9.17) is 0 Å². The summed E-state index contributed by atoms with van der Waals surface area (Å²) in [6.45, 7) is 2.31. The van der Waals surface area contributed by atoms with Crippen molar-refractivity contribution in [3.05, 3.63) is 36.0 Å². The third-order valence-electron chi connectivity index (χ3n) is 3.36. The molecule has 1 fully saturated rings. The minimum absolute atomic E-state index is 0.690. The smallest absolute Gasteiger partial charge is 0.0456 e. The van der Waals surface area contributed by atoms with Crippen molar-refractivity contribution in [3.63, 3.8) is 0 Å². The molecular weight excluding hydrogens is 184 g/mol. The molecule has 1 aromatic carbocycles. The van der Waals surface area contributed by atoms with Gasteiger partial charge in [0.2, 0.25) is 0 Å². The number of aromatic nitrogens is 1. The molecule has 3 rings (SSSR count). The minimum Gasteiger partial charge on any atom is -0.361 e. The Morgan fingerprint density at radius 3 is 3.00 bits per heavy atom. The fraction of sp³-hybridized carbons (Fsp3) is 0.385. The van der Waals surface area contributed by atoms with Gasteiger partial charge in [0, 0.05) is 23.6 Å². The number of fused-ring (bicyclic) bond motifs is 1. The molecule has 2 heteroatoms. The zero-order valence-electron chi connectivity index (χ0n) is 8.79. The lowest BCUT2D eigenvalue weighted by atomic mass is 9.91. The van der Waals surface area contributed by atoms with E-state index >= 15 is 0 Å². The van der Waals surface area contributed by atoms with Gasteiger partial charge < -0.3 is 10.3 Å². The fourth-order valence-electron chi connectivity index (χ4n) is 2.55. The molecule has 1 aromatic heterocycles. The van der Waals surface area contributed by atoms with Crippen molar-refractivity contribution in [1.82, 2.24) is 10.3 Å². The summed E-state index contributed by atoms with van der Waals surface area (Å²) in [5, 5.41) is 4.87. The van der Waals surface area contributed by atoms with Gasteiger partial charge in [0.05, 0.1) is 0 Å². The van der Waals surface area contributed by atoms with Crippen LogP contribution in [0.4, 0.5) is 0 Å². The minimum atomic E-state index is 0.690. The summed E-state index contributed by atoms with van der Waals surface area (Å²) >= 11 is 0. The molecule has 0 bridgehead atoms. The Morgan fingerprint density at radius 2 is 2.13 bits per heavy atom. The Kier molecular flexibility index (Phi) is 2.22. The highest BCUT2D eigenvalue weighted by atomic mass is 14.9. The number of nitrogens with one attached hydrogen (secondary N) is 2. The normalized spacial score (nSPS) is 22.0. The maximum atomic E-state index is 3.47. The molecule has 0 saturated carbocycles. The Balaban J connectivity index is 2.02. The SMILES string of the molecule is c1ccc2c([C@H]3CCCNC3)c[nH]c2c1. The molecule has 2 aromatic rings. The highest BCUT2D eigenvalue weighted by Gasteiger charge is 2.17. The van der Waals surface area contributed by atoms with Crippen LogP contribution in [0, 0.1) is 0 Å². The second-order valence-corrected chi connectivity index (χ2v) is 4.33. The average molecular weight is 200 g/mol. The zero-order chi connectivity index (χ0) is 10.1. The van der Waals surface area contributed by atoms with Gasteiger partial charge >= 0.3 is 0 Å². The average Bonchev–Trinajstić information content (AvgIpc) is 2.74. The van der Waals surface area contributed by atoms with E-state index in [1.165, 1.54) is 35.9 Å². The van der Waals surface area contributed by atoms with E-state index in [-0.39, 0.29) is 0 Å². The second-order valence-electron chi connectivity index (χ2n) is 4.33. The van der Waals surface area contributed by atoms with Crippen LogP contribution in [0.5, 0.6) is 0 Å². The van der Waals surface area contributed by atoms with Crippen molar-refractivity contribution < 1.29 is 0 Å². The van der Waals surface area contributed by atoms with E-state index in [1.807, 2.05) is 0 Å². The number of piperidine rings is 1.